The van der Waals surface area contributed by atoms with E-state index in [1.54, 1.807) is 0 Å². The van der Waals surface area contributed by atoms with Gasteiger partial charge in [-0.05, 0) is 44.0 Å². The van der Waals surface area contributed by atoms with Crippen LogP contribution < -0.4 is 10.5 Å². The lowest BCUT2D eigenvalue weighted by Crippen LogP contribution is -2.08. The molecule has 21 heavy (non-hydrogen) atoms. The maximum absolute atomic E-state index is 5.94. The Morgan fingerprint density at radius 2 is 2.05 bits per heavy atom. The van der Waals surface area contributed by atoms with E-state index in [2.05, 4.69) is 24.0 Å². The van der Waals surface area contributed by atoms with Crippen molar-refractivity contribution < 1.29 is 4.74 Å². The molecule has 0 saturated carbocycles. The van der Waals surface area contributed by atoms with Gasteiger partial charge in [0, 0.05) is 17.3 Å². The second-order valence-electron chi connectivity index (χ2n) is 5.39. The summed E-state index contributed by atoms with van der Waals surface area (Å²) in [5.41, 5.74) is 10.0. The van der Waals surface area contributed by atoms with E-state index < -0.39 is 0 Å². The van der Waals surface area contributed by atoms with Crippen molar-refractivity contribution in [3.63, 3.8) is 0 Å². The van der Waals surface area contributed by atoms with Crippen molar-refractivity contribution in [3.05, 3.63) is 47.7 Å². The molecule has 0 aliphatic rings. The van der Waals surface area contributed by atoms with Gasteiger partial charge in [0.2, 0.25) is 0 Å². The Morgan fingerprint density at radius 1 is 1.24 bits per heavy atom. The fourth-order valence-corrected chi connectivity index (χ4v) is 2.29. The predicted octanol–water partition coefficient (Wildman–Crippen LogP) is 4.26. The molecule has 3 nitrogen and oxygen atoms in total. The standard InChI is InChI=1S/C18H24N2O/c1-4-5-11-21-16-8-6-7-15(12-16)18-10-9-17(13(2)19)14(3)20-18/h6-10,12-13H,4-5,11,19H2,1-3H3. The monoisotopic (exact) mass is 284 g/mol. The molecule has 2 aromatic rings. The van der Waals surface area contributed by atoms with Crippen molar-refractivity contribution >= 4 is 0 Å². The summed E-state index contributed by atoms with van der Waals surface area (Å²) in [4.78, 5) is 4.67. The third-order valence-electron chi connectivity index (χ3n) is 3.51. The van der Waals surface area contributed by atoms with Crippen molar-refractivity contribution in [2.45, 2.75) is 39.7 Å². The van der Waals surface area contributed by atoms with E-state index >= 15 is 0 Å². The van der Waals surface area contributed by atoms with E-state index in [1.165, 1.54) is 0 Å². The lowest BCUT2D eigenvalue weighted by Gasteiger charge is -2.11. The molecule has 1 aromatic heterocycles. The van der Waals surface area contributed by atoms with Crippen LogP contribution in [0.1, 0.15) is 44.0 Å². The normalized spacial score (nSPS) is 12.2. The number of benzene rings is 1. The average molecular weight is 284 g/mol. The van der Waals surface area contributed by atoms with Crippen LogP contribution in [0.5, 0.6) is 5.75 Å². The van der Waals surface area contributed by atoms with Crippen LogP contribution in [0, 0.1) is 6.92 Å². The van der Waals surface area contributed by atoms with Gasteiger partial charge in [-0.1, -0.05) is 31.5 Å². The van der Waals surface area contributed by atoms with Gasteiger partial charge in [-0.25, -0.2) is 0 Å². The van der Waals surface area contributed by atoms with Crippen LogP contribution in [0.3, 0.4) is 0 Å². The number of unbranched alkanes of at least 4 members (excludes halogenated alkanes) is 1. The van der Waals surface area contributed by atoms with Crippen LogP contribution >= 0.6 is 0 Å². The minimum atomic E-state index is 0.00950. The molecule has 0 aliphatic carbocycles. The molecule has 112 valence electrons. The fraction of sp³-hybridized carbons (Fsp3) is 0.389. The summed E-state index contributed by atoms with van der Waals surface area (Å²) >= 11 is 0. The summed E-state index contributed by atoms with van der Waals surface area (Å²) in [6.07, 6.45) is 2.21. The van der Waals surface area contributed by atoms with Gasteiger partial charge in [0.15, 0.2) is 0 Å². The van der Waals surface area contributed by atoms with Crippen LogP contribution in [0.2, 0.25) is 0 Å². The first-order valence-corrected chi connectivity index (χ1v) is 7.58. The quantitative estimate of drug-likeness (QED) is 0.806. The largest absolute Gasteiger partial charge is 0.494 e. The van der Waals surface area contributed by atoms with Gasteiger partial charge in [0.25, 0.3) is 0 Å². The highest BCUT2D eigenvalue weighted by atomic mass is 16.5. The zero-order valence-corrected chi connectivity index (χ0v) is 13.1. The zero-order valence-electron chi connectivity index (χ0n) is 13.1. The molecule has 1 aromatic carbocycles. The molecule has 0 amide bonds. The van der Waals surface area contributed by atoms with E-state index in [1.807, 2.05) is 38.1 Å². The number of nitrogens with two attached hydrogens (primary N) is 1. The molecule has 2 rings (SSSR count). The number of hydrogen-bond acceptors (Lipinski definition) is 3. The Labute approximate surface area is 127 Å². The highest BCUT2D eigenvalue weighted by Gasteiger charge is 2.07. The van der Waals surface area contributed by atoms with Crippen LogP contribution in [0.4, 0.5) is 0 Å². The first-order valence-electron chi connectivity index (χ1n) is 7.58. The van der Waals surface area contributed by atoms with Gasteiger partial charge >= 0.3 is 0 Å². The number of ether oxygens (including phenoxy) is 1. The maximum Gasteiger partial charge on any atom is 0.119 e. The maximum atomic E-state index is 5.94. The van der Waals surface area contributed by atoms with Crippen molar-refractivity contribution in [1.82, 2.24) is 4.98 Å². The van der Waals surface area contributed by atoms with E-state index in [-0.39, 0.29) is 6.04 Å². The van der Waals surface area contributed by atoms with Crippen LogP contribution in [-0.4, -0.2) is 11.6 Å². The lowest BCUT2D eigenvalue weighted by molar-refractivity contribution is 0.309. The van der Waals surface area contributed by atoms with Gasteiger partial charge in [-0.3, -0.25) is 4.98 Å². The van der Waals surface area contributed by atoms with E-state index in [4.69, 9.17) is 10.5 Å². The Bertz CT molecular complexity index is 594. The molecule has 1 unspecified atom stereocenters. The fourth-order valence-electron chi connectivity index (χ4n) is 2.29. The van der Waals surface area contributed by atoms with Crippen molar-refractivity contribution in [1.29, 1.82) is 0 Å². The smallest absolute Gasteiger partial charge is 0.119 e. The molecular weight excluding hydrogens is 260 g/mol. The summed E-state index contributed by atoms with van der Waals surface area (Å²) in [6, 6.07) is 12.2. The Hall–Kier alpha value is -1.87. The predicted molar refractivity (Wildman–Crippen MR) is 87.4 cm³/mol. The molecular formula is C18H24N2O. The first-order chi connectivity index (χ1) is 10.1. The summed E-state index contributed by atoms with van der Waals surface area (Å²) in [5, 5.41) is 0. The van der Waals surface area contributed by atoms with Crippen LogP contribution in [0.25, 0.3) is 11.3 Å². The summed E-state index contributed by atoms with van der Waals surface area (Å²) in [6.45, 7) is 6.90. The molecule has 0 radical (unpaired) electrons. The van der Waals surface area contributed by atoms with Gasteiger partial charge in [-0.15, -0.1) is 0 Å². The van der Waals surface area contributed by atoms with Gasteiger partial charge in [0.05, 0.1) is 12.3 Å². The van der Waals surface area contributed by atoms with Crippen molar-refractivity contribution in [2.75, 3.05) is 6.61 Å². The molecule has 3 heteroatoms. The molecule has 0 saturated heterocycles. The SMILES string of the molecule is CCCCOc1cccc(-c2ccc(C(C)N)c(C)n2)c1. The first kappa shape index (κ1) is 15.5. The van der Waals surface area contributed by atoms with Gasteiger partial charge in [-0.2, -0.15) is 0 Å². The zero-order chi connectivity index (χ0) is 15.2. The number of rotatable bonds is 6. The number of nitrogens with zero attached hydrogens (tertiary/aromatic N) is 1. The minimum absolute atomic E-state index is 0.00950. The van der Waals surface area contributed by atoms with Gasteiger partial charge < -0.3 is 10.5 Å². The van der Waals surface area contributed by atoms with Crippen molar-refractivity contribution in [2.24, 2.45) is 5.73 Å². The molecule has 0 spiro atoms. The van der Waals surface area contributed by atoms with E-state index in [0.29, 0.717) is 0 Å². The molecule has 0 aliphatic heterocycles. The second kappa shape index (κ2) is 7.23. The van der Waals surface area contributed by atoms with Crippen LogP contribution in [-0.2, 0) is 0 Å². The van der Waals surface area contributed by atoms with E-state index in [0.717, 1.165) is 47.7 Å². The Morgan fingerprint density at radius 3 is 2.71 bits per heavy atom. The number of aryl methyl sites for hydroxylation is 1. The van der Waals surface area contributed by atoms with Crippen LogP contribution in [0.15, 0.2) is 36.4 Å². The third kappa shape index (κ3) is 4.05. The molecule has 1 heterocycles. The Kier molecular flexibility index (Phi) is 5.34. The summed E-state index contributed by atoms with van der Waals surface area (Å²) in [5.74, 6) is 0.900. The summed E-state index contributed by atoms with van der Waals surface area (Å²) < 4.78 is 5.75. The number of aromatic nitrogens is 1. The molecule has 2 N–H and O–H groups in total. The number of pyridine rings is 1. The Balaban J connectivity index is 2.21. The molecule has 0 bridgehead atoms. The highest BCUT2D eigenvalue weighted by molar-refractivity contribution is 5.61. The number of hydrogen-bond donors (Lipinski definition) is 1. The third-order valence-corrected chi connectivity index (χ3v) is 3.51. The van der Waals surface area contributed by atoms with Crippen molar-refractivity contribution in [3.8, 4) is 17.0 Å². The lowest BCUT2D eigenvalue weighted by atomic mass is 10.0. The average Bonchev–Trinajstić information content (AvgIpc) is 2.47. The highest BCUT2D eigenvalue weighted by Crippen LogP contribution is 2.24. The topological polar surface area (TPSA) is 48.1 Å². The molecule has 1 atom stereocenters. The summed E-state index contributed by atoms with van der Waals surface area (Å²) in [7, 11) is 0. The van der Waals surface area contributed by atoms with E-state index in [9.17, 15) is 0 Å². The second-order valence-corrected chi connectivity index (χ2v) is 5.39. The minimum Gasteiger partial charge on any atom is -0.494 e. The van der Waals surface area contributed by atoms with Gasteiger partial charge in [0.1, 0.15) is 5.75 Å². The molecule has 0 fully saturated rings.